The number of hydrogen-bond donors (Lipinski definition) is 1. The molecule has 0 aliphatic heterocycles. The summed E-state index contributed by atoms with van der Waals surface area (Å²) in [6.07, 6.45) is 10.8. The van der Waals surface area contributed by atoms with Gasteiger partial charge in [-0.3, -0.25) is 4.98 Å². The Labute approximate surface area is 111 Å². The fraction of sp³-hybridized carbons (Fsp3) is 0.688. The summed E-state index contributed by atoms with van der Waals surface area (Å²) in [7, 11) is 0. The van der Waals surface area contributed by atoms with Crippen molar-refractivity contribution in [1.82, 2.24) is 10.3 Å². The van der Waals surface area contributed by atoms with Crippen LogP contribution in [0, 0.1) is 12.3 Å². The van der Waals surface area contributed by atoms with Crippen LogP contribution in [0.3, 0.4) is 0 Å². The molecule has 0 saturated heterocycles. The van der Waals surface area contributed by atoms with Crippen LogP contribution in [-0.4, -0.2) is 11.5 Å². The van der Waals surface area contributed by atoms with E-state index in [9.17, 15) is 0 Å². The van der Waals surface area contributed by atoms with Crippen LogP contribution in [0.25, 0.3) is 0 Å². The first-order valence-corrected chi connectivity index (χ1v) is 7.31. The molecule has 1 aromatic rings. The van der Waals surface area contributed by atoms with Gasteiger partial charge >= 0.3 is 0 Å². The number of hydrogen-bond acceptors (Lipinski definition) is 2. The topological polar surface area (TPSA) is 24.9 Å². The van der Waals surface area contributed by atoms with E-state index in [0.717, 1.165) is 6.54 Å². The molecule has 0 amide bonds. The van der Waals surface area contributed by atoms with Crippen LogP contribution in [0.2, 0.25) is 0 Å². The predicted octanol–water partition coefficient (Wildman–Crippen LogP) is 4.01. The second-order valence-corrected chi connectivity index (χ2v) is 5.94. The van der Waals surface area contributed by atoms with Gasteiger partial charge in [0.2, 0.25) is 0 Å². The Kier molecular flexibility index (Phi) is 4.39. The van der Waals surface area contributed by atoms with E-state index in [1.807, 2.05) is 6.20 Å². The van der Waals surface area contributed by atoms with Gasteiger partial charge in [0.1, 0.15) is 0 Å². The van der Waals surface area contributed by atoms with E-state index < -0.39 is 0 Å². The Hall–Kier alpha value is -0.890. The zero-order chi connectivity index (χ0) is 13.0. The Balaban J connectivity index is 2.30. The first-order chi connectivity index (χ1) is 8.67. The molecule has 0 bridgehead atoms. The monoisotopic (exact) mass is 246 g/mol. The molecule has 1 aliphatic carbocycles. The van der Waals surface area contributed by atoms with Gasteiger partial charge in [-0.25, -0.2) is 0 Å². The number of nitrogens with one attached hydrogen (secondary N) is 1. The molecule has 100 valence electrons. The van der Waals surface area contributed by atoms with Crippen molar-refractivity contribution in [3.05, 3.63) is 29.6 Å². The molecule has 2 heteroatoms. The summed E-state index contributed by atoms with van der Waals surface area (Å²) in [4.78, 5) is 4.33. The molecule has 1 atom stereocenters. The van der Waals surface area contributed by atoms with Crippen LogP contribution >= 0.6 is 0 Å². The molecule has 1 unspecified atom stereocenters. The maximum Gasteiger partial charge on any atom is 0.0392 e. The minimum Gasteiger partial charge on any atom is -0.310 e. The van der Waals surface area contributed by atoms with Crippen LogP contribution in [-0.2, 0) is 0 Å². The van der Waals surface area contributed by atoms with E-state index in [1.54, 1.807) is 0 Å². The molecule has 18 heavy (non-hydrogen) atoms. The summed E-state index contributed by atoms with van der Waals surface area (Å²) in [5.74, 6) is 0. The lowest BCUT2D eigenvalue weighted by atomic mass is 9.68. The molecule has 1 aliphatic rings. The summed E-state index contributed by atoms with van der Waals surface area (Å²) in [6, 6.07) is 2.59. The van der Waals surface area contributed by atoms with Crippen LogP contribution in [0.15, 0.2) is 18.5 Å². The molecular formula is C16H26N2. The van der Waals surface area contributed by atoms with Crippen molar-refractivity contribution >= 4 is 0 Å². The average Bonchev–Trinajstić information content (AvgIpc) is 2.38. The van der Waals surface area contributed by atoms with Crippen molar-refractivity contribution in [3.8, 4) is 0 Å². The normalized spacial score (nSPS) is 20.6. The summed E-state index contributed by atoms with van der Waals surface area (Å²) in [5, 5.41) is 3.71. The van der Waals surface area contributed by atoms with E-state index in [1.165, 1.54) is 43.2 Å². The highest BCUT2D eigenvalue weighted by molar-refractivity contribution is 5.27. The Morgan fingerprint density at radius 3 is 2.67 bits per heavy atom. The quantitative estimate of drug-likeness (QED) is 0.868. The van der Waals surface area contributed by atoms with Crippen LogP contribution in [0.1, 0.15) is 63.1 Å². The lowest BCUT2D eigenvalue weighted by molar-refractivity contribution is 0.145. The summed E-state index contributed by atoms with van der Waals surface area (Å²) < 4.78 is 0. The van der Waals surface area contributed by atoms with Gasteiger partial charge in [-0.05, 0) is 48.9 Å². The van der Waals surface area contributed by atoms with Crippen molar-refractivity contribution in [1.29, 1.82) is 0 Å². The highest BCUT2D eigenvalue weighted by Gasteiger charge is 2.36. The van der Waals surface area contributed by atoms with Gasteiger partial charge in [0, 0.05) is 18.4 Å². The first kappa shape index (κ1) is 13.5. The van der Waals surface area contributed by atoms with Gasteiger partial charge in [0.05, 0.1) is 0 Å². The predicted molar refractivity (Wildman–Crippen MR) is 76.6 cm³/mol. The molecule has 2 rings (SSSR count). The lowest BCUT2D eigenvalue weighted by Crippen LogP contribution is -2.38. The number of rotatable bonds is 4. The number of pyridine rings is 1. The smallest absolute Gasteiger partial charge is 0.0392 e. The second kappa shape index (κ2) is 5.83. The lowest BCUT2D eigenvalue weighted by Gasteiger charge is -2.42. The van der Waals surface area contributed by atoms with Crippen molar-refractivity contribution in [2.24, 2.45) is 5.41 Å². The summed E-state index contributed by atoms with van der Waals surface area (Å²) in [5.41, 5.74) is 3.15. The van der Waals surface area contributed by atoms with E-state index in [4.69, 9.17) is 0 Å². The summed E-state index contributed by atoms with van der Waals surface area (Å²) >= 11 is 0. The minimum absolute atomic E-state index is 0.391. The molecule has 1 fully saturated rings. The third-order valence-corrected chi connectivity index (χ3v) is 4.49. The van der Waals surface area contributed by atoms with Gasteiger partial charge in [-0.1, -0.05) is 33.1 Å². The second-order valence-electron chi connectivity index (χ2n) is 5.94. The minimum atomic E-state index is 0.391. The molecule has 1 saturated carbocycles. The maximum atomic E-state index is 4.33. The molecule has 0 radical (unpaired) electrons. The van der Waals surface area contributed by atoms with Crippen molar-refractivity contribution < 1.29 is 0 Å². The highest BCUT2D eigenvalue weighted by Crippen LogP contribution is 2.46. The maximum absolute atomic E-state index is 4.33. The van der Waals surface area contributed by atoms with E-state index in [2.05, 4.69) is 43.3 Å². The summed E-state index contributed by atoms with van der Waals surface area (Å²) in [6.45, 7) is 7.87. The first-order valence-electron chi connectivity index (χ1n) is 7.31. The molecular weight excluding hydrogens is 220 g/mol. The van der Waals surface area contributed by atoms with E-state index in [-0.39, 0.29) is 0 Å². The zero-order valence-electron chi connectivity index (χ0n) is 12.0. The molecule has 1 heterocycles. The third-order valence-electron chi connectivity index (χ3n) is 4.49. The van der Waals surface area contributed by atoms with E-state index >= 15 is 0 Å². The van der Waals surface area contributed by atoms with Gasteiger partial charge < -0.3 is 5.32 Å². The van der Waals surface area contributed by atoms with Gasteiger partial charge in [-0.15, -0.1) is 0 Å². The largest absolute Gasteiger partial charge is 0.310 e. The van der Waals surface area contributed by atoms with Crippen LogP contribution in [0.4, 0.5) is 0 Å². The highest BCUT2D eigenvalue weighted by atomic mass is 14.9. The Morgan fingerprint density at radius 1 is 1.33 bits per heavy atom. The number of aryl methyl sites for hydroxylation is 1. The fourth-order valence-electron chi connectivity index (χ4n) is 3.36. The third kappa shape index (κ3) is 2.74. The van der Waals surface area contributed by atoms with Gasteiger partial charge in [0.15, 0.2) is 0 Å². The molecule has 0 aromatic carbocycles. The van der Waals surface area contributed by atoms with Crippen molar-refractivity contribution in [2.45, 2.75) is 58.9 Å². The Bertz CT molecular complexity index is 380. The number of aromatic nitrogens is 1. The fourth-order valence-corrected chi connectivity index (χ4v) is 3.36. The molecule has 1 aromatic heterocycles. The van der Waals surface area contributed by atoms with Crippen molar-refractivity contribution in [2.75, 3.05) is 6.54 Å². The van der Waals surface area contributed by atoms with Crippen LogP contribution < -0.4 is 5.32 Å². The van der Waals surface area contributed by atoms with Gasteiger partial charge in [-0.2, -0.15) is 0 Å². The SMILES string of the molecule is CCNC(c1cnccc1C)C1(C)CCCCC1. The zero-order valence-corrected chi connectivity index (χ0v) is 12.0. The van der Waals surface area contributed by atoms with Crippen LogP contribution in [0.5, 0.6) is 0 Å². The average molecular weight is 246 g/mol. The number of nitrogens with zero attached hydrogens (tertiary/aromatic N) is 1. The Morgan fingerprint density at radius 2 is 2.06 bits per heavy atom. The standard InChI is InChI=1S/C16H26N2/c1-4-18-15(14-12-17-11-8-13(14)2)16(3)9-6-5-7-10-16/h8,11-12,15,18H,4-7,9-10H2,1-3H3. The van der Waals surface area contributed by atoms with Crippen molar-refractivity contribution in [3.63, 3.8) is 0 Å². The molecule has 2 nitrogen and oxygen atoms in total. The molecule has 0 spiro atoms. The molecule has 1 N–H and O–H groups in total. The van der Waals surface area contributed by atoms with E-state index in [0.29, 0.717) is 11.5 Å². The van der Waals surface area contributed by atoms with Gasteiger partial charge in [0.25, 0.3) is 0 Å².